The van der Waals surface area contributed by atoms with Crippen LogP contribution < -0.4 is 20.1 Å². The van der Waals surface area contributed by atoms with Crippen molar-refractivity contribution in [1.82, 2.24) is 10.6 Å². The number of nitrogens with one attached hydrogen (secondary N) is 2. The van der Waals surface area contributed by atoms with E-state index in [0.29, 0.717) is 23.6 Å². The van der Waals surface area contributed by atoms with Gasteiger partial charge in [0.05, 0.1) is 19.8 Å². The first-order chi connectivity index (χ1) is 9.58. The van der Waals surface area contributed by atoms with Crippen LogP contribution in [0, 0.1) is 0 Å². The van der Waals surface area contributed by atoms with E-state index in [1.165, 1.54) is 0 Å². The summed E-state index contributed by atoms with van der Waals surface area (Å²) in [4.78, 5) is 12.3. The Hall–Kier alpha value is -1.75. The maximum absolute atomic E-state index is 12.3. The molecule has 1 aromatic rings. The Balaban J connectivity index is 2.05. The number of amides is 1. The Kier molecular flexibility index (Phi) is 4.49. The lowest BCUT2D eigenvalue weighted by Gasteiger charge is -2.24. The summed E-state index contributed by atoms with van der Waals surface area (Å²) in [6, 6.07) is 5.19. The third-order valence-corrected chi connectivity index (χ3v) is 3.75. The molecule has 2 rings (SSSR count). The summed E-state index contributed by atoms with van der Waals surface area (Å²) in [5.41, 5.74) is 0.518. The molecule has 0 aromatic heterocycles. The standard InChI is InChI=1S/C15H22N2O3/c1-15(7-4-8-17-15)10-16-14(18)12-6-5-11(19-2)9-13(12)20-3/h5-6,9,17H,4,7-8,10H2,1-3H3,(H,16,18). The summed E-state index contributed by atoms with van der Waals surface area (Å²) in [7, 11) is 3.13. The first kappa shape index (κ1) is 14.7. The molecule has 1 aliphatic heterocycles. The van der Waals surface area contributed by atoms with E-state index in [2.05, 4.69) is 17.6 Å². The Morgan fingerprint density at radius 3 is 2.80 bits per heavy atom. The van der Waals surface area contributed by atoms with Gasteiger partial charge in [0.1, 0.15) is 11.5 Å². The van der Waals surface area contributed by atoms with Gasteiger partial charge in [-0.05, 0) is 38.4 Å². The summed E-state index contributed by atoms with van der Waals surface area (Å²) < 4.78 is 10.4. The Labute approximate surface area is 119 Å². The van der Waals surface area contributed by atoms with Gasteiger partial charge < -0.3 is 20.1 Å². The van der Waals surface area contributed by atoms with Crippen molar-refractivity contribution in [3.8, 4) is 11.5 Å². The number of hydrogen-bond acceptors (Lipinski definition) is 4. The minimum Gasteiger partial charge on any atom is -0.497 e. The second-order valence-electron chi connectivity index (χ2n) is 5.34. The number of rotatable bonds is 5. The van der Waals surface area contributed by atoms with Crippen molar-refractivity contribution in [2.75, 3.05) is 27.3 Å². The number of benzene rings is 1. The molecule has 1 unspecified atom stereocenters. The molecule has 1 aromatic carbocycles. The van der Waals surface area contributed by atoms with Crippen LogP contribution in [-0.4, -0.2) is 38.8 Å². The fourth-order valence-corrected chi connectivity index (χ4v) is 2.46. The van der Waals surface area contributed by atoms with Crippen LogP contribution in [0.4, 0.5) is 0 Å². The van der Waals surface area contributed by atoms with E-state index >= 15 is 0 Å². The number of carbonyl (C=O) groups excluding carboxylic acids is 1. The van der Waals surface area contributed by atoms with Crippen molar-refractivity contribution in [3.63, 3.8) is 0 Å². The average molecular weight is 278 g/mol. The molecule has 20 heavy (non-hydrogen) atoms. The Bertz CT molecular complexity index is 482. The van der Waals surface area contributed by atoms with Gasteiger partial charge in [-0.1, -0.05) is 0 Å². The Morgan fingerprint density at radius 2 is 2.20 bits per heavy atom. The van der Waals surface area contributed by atoms with Crippen molar-refractivity contribution in [1.29, 1.82) is 0 Å². The smallest absolute Gasteiger partial charge is 0.255 e. The van der Waals surface area contributed by atoms with Gasteiger partial charge in [0.15, 0.2) is 0 Å². The minimum atomic E-state index is -0.126. The van der Waals surface area contributed by atoms with Crippen molar-refractivity contribution in [3.05, 3.63) is 23.8 Å². The average Bonchev–Trinajstić information content (AvgIpc) is 2.91. The molecule has 0 radical (unpaired) electrons. The van der Waals surface area contributed by atoms with Crippen LogP contribution >= 0.6 is 0 Å². The lowest BCUT2D eigenvalue weighted by Crippen LogP contribution is -2.47. The van der Waals surface area contributed by atoms with Crippen molar-refractivity contribution < 1.29 is 14.3 Å². The van der Waals surface area contributed by atoms with Crippen LogP contribution in [0.3, 0.4) is 0 Å². The third-order valence-electron chi connectivity index (χ3n) is 3.75. The lowest BCUT2D eigenvalue weighted by molar-refractivity contribution is 0.0939. The van der Waals surface area contributed by atoms with Crippen LogP contribution in [0.5, 0.6) is 11.5 Å². The van der Waals surface area contributed by atoms with Crippen LogP contribution in [0.2, 0.25) is 0 Å². The Morgan fingerprint density at radius 1 is 1.40 bits per heavy atom. The van der Waals surface area contributed by atoms with E-state index in [-0.39, 0.29) is 11.4 Å². The maximum Gasteiger partial charge on any atom is 0.255 e. The van der Waals surface area contributed by atoms with Crippen LogP contribution in [0.25, 0.3) is 0 Å². The topological polar surface area (TPSA) is 59.6 Å². The number of ether oxygens (including phenoxy) is 2. The first-order valence-electron chi connectivity index (χ1n) is 6.83. The highest BCUT2D eigenvalue weighted by Gasteiger charge is 2.28. The zero-order valence-corrected chi connectivity index (χ0v) is 12.3. The molecule has 0 bridgehead atoms. The molecule has 5 heteroatoms. The van der Waals surface area contributed by atoms with E-state index < -0.39 is 0 Å². The van der Waals surface area contributed by atoms with Gasteiger partial charge in [0, 0.05) is 18.2 Å². The summed E-state index contributed by atoms with van der Waals surface area (Å²) in [5, 5.41) is 6.39. The SMILES string of the molecule is COc1ccc(C(=O)NCC2(C)CCCN2)c(OC)c1. The van der Waals surface area contributed by atoms with Gasteiger partial charge in [0.2, 0.25) is 0 Å². The van der Waals surface area contributed by atoms with Gasteiger partial charge in [-0.3, -0.25) is 4.79 Å². The maximum atomic E-state index is 12.3. The first-order valence-corrected chi connectivity index (χ1v) is 6.83. The van der Waals surface area contributed by atoms with Gasteiger partial charge in [-0.15, -0.1) is 0 Å². The molecule has 5 nitrogen and oxygen atoms in total. The summed E-state index contributed by atoms with van der Waals surface area (Å²) in [6.45, 7) is 3.75. The second kappa shape index (κ2) is 6.13. The van der Waals surface area contributed by atoms with E-state index in [0.717, 1.165) is 19.4 Å². The molecule has 1 saturated heterocycles. The van der Waals surface area contributed by atoms with Gasteiger partial charge >= 0.3 is 0 Å². The molecular formula is C15H22N2O3. The predicted octanol–water partition coefficient (Wildman–Crippen LogP) is 1.58. The van der Waals surface area contributed by atoms with E-state index in [1.807, 2.05) is 0 Å². The van der Waals surface area contributed by atoms with Crippen LogP contribution in [-0.2, 0) is 0 Å². The number of methoxy groups -OCH3 is 2. The number of carbonyl (C=O) groups is 1. The number of hydrogen-bond donors (Lipinski definition) is 2. The van der Waals surface area contributed by atoms with Crippen LogP contribution in [0.15, 0.2) is 18.2 Å². The van der Waals surface area contributed by atoms with E-state index in [4.69, 9.17) is 9.47 Å². The highest BCUT2D eigenvalue weighted by molar-refractivity contribution is 5.97. The lowest BCUT2D eigenvalue weighted by atomic mass is 10.0. The van der Waals surface area contributed by atoms with Gasteiger partial charge in [0.25, 0.3) is 5.91 Å². The highest BCUT2D eigenvalue weighted by atomic mass is 16.5. The van der Waals surface area contributed by atoms with Gasteiger partial charge in [-0.2, -0.15) is 0 Å². The molecule has 0 saturated carbocycles. The highest BCUT2D eigenvalue weighted by Crippen LogP contribution is 2.25. The van der Waals surface area contributed by atoms with Crippen LogP contribution in [0.1, 0.15) is 30.1 Å². The summed E-state index contributed by atoms with van der Waals surface area (Å²) in [6.07, 6.45) is 2.23. The molecule has 1 heterocycles. The minimum absolute atomic E-state index is 0.00460. The molecule has 1 amide bonds. The monoisotopic (exact) mass is 278 g/mol. The molecule has 2 N–H and O–H groups in total. The third kappa shape index (κ3) is 3.22. The van der Waals surface area contributed by atoms with Crippen molar-refractivity contribution in [2.45, 2.75) is 25.3 Å². The van der Waals surface area contributed by atoms with Crippen molar-refractivity contribution in [2.24, 2.45) is 0 Å². The molecule has 110 valence electrons. The largest absolute Gasteiger partial charge is 0.497 e. The zero-order valence-electron chi connectivity index (χ0n) is 12.3. The van der Waals surface area contributed by atoms with Gasteiger partial charge in [-0.25, -0.2) is 0 Å². The van der Waals surface area contributed by atoms with E-state index in [1.54, 1.807) is 32.4 Å². The van der Waals surface area contributed by atoms with E-state index in [9.17, 15) is 4.79 Å². The second-order valence-corrected chi connectivity index (χ2v) is 5.34. The fraction of sp³-hybridized carbons (Fsp3) is 0.533. The normalized spacial score (nSPS) is 21.6. The predicted molar refractivity (Wildman–Crippen MR) is 77.5 cm³/mol. The molecule has 1 fully saturated rings. The van der Waals surface area contributed by atoms with Crippen molar-refractivity contribution >= 4 is 5.91 Å². The summed E-state index contributed by atoms with van der Waals surface area (Å²) in [5.74, 6) is 1.06. The molecule has 1 aliphatic rings. The molecule has 1 atom stereocenters. The zero-order chi connectivity index (χ0) is 14.6. The quantitative estimate of drug-likeness (QED) is 0.858. The molecule has 0 spiro atoms. The summed E-state index contributed by atoms with van der Waals surface area (Å²) >= 11 is 0. The molecular weight excluding hydrogens is 256 g/mol. The molecule has 0 aliphatic carbocycles. The fourth-order valence-electron chi connectivity index (χ4n) is 2.46.